The van der Waals surface area contributed by atoms with Crippen LogP contribution in [0, 0.1) is 5.92 Å². The maximum atomic E-state index is 13.2. The molecular weight excluding hydrogens is 366 g/mol. The summed E-state index contributed by atoms with van der Waals surface area (Å²) in [6.07, 6.45) is 6.18. The monoisotopic (exact) mass is 391 g/mol. The van der Waals surface area contributed by atoms with Gasteiger partial charge in [-0.1, -0.05) is 36.8 Å². The number of amides is 2. The van der Waals surface area contributed by atoms with E-state index in [2.05, 4.69) is 17.1 Å². The lowest BCUT2D eigenvalue weighted by molar-refractivity contribution is -0.199. The Labute approximate surface area is 170 Å². The summed E-state index contributed by atoms with van der Waals surface area (Å²) in [4.78, 5) is 33.8. The smallest absolute Gasteiger partial charge is 0.255 e. The predicted octanol–water partition coefficient (Wildman–Crippen LogP) is 2.06. The Morgan fingerprint density at radius 2 is 1.86 bits per heavy atom. The average Bonchev–Trinajstić information content (AvgIpc) is 2.66. The van der Waals surface area contributed by atoms with Gasteiger partial charge in [-0.05, 0) is 30.5 Å². The van der Waals surface area contributed by atoms with E-state index in [0.717, 1.165) is 24.8 Å². The number of nitrogens with zero attached hydrogens (tertiary/aromatic N) is 3. The maximum Gasteiger partial charge on any atom is 0.255 e. The number of aliphatic hydroxyl groups is 1. The molecule has 1 aromatic heterocycles. The number of hydrogen-bond acceptors (Lipinski definition) is 4. The second-order valence-corrected chi connectivity index (χ2v) is 8.48. The van der Waals surface area contributed by atoms with E-state index in [0.29, 0.717) is 18.7 Å². The van der Waals surface area contributed by atoms with Crippen molar-refractivity contribution in [2.75, 3.05) is 19.7 Å². The number of pyridine rings is 1. The van der Waals surface area contributed by atoms with Crippen LogP contribution >= 0.6 is 0 Å². The third-order valence-corrected chi connectivity index (χ3v) is 6.94. The van der Waals surface area contributed by atoms with Gasteiger partial charge in [-0.3, -0.25) is 14.6 Å². The summed E-state index contributed by atoms with van der Waals surface area (Å²) in [7, 11) is 0. The minimum Gasteiger partial charge on any atom is -0.394 e. The lowest BCUT2D eigenvalue weighted by Gasteiger charge is -2.71. The highest BCUT2D eigenvalue weighted by Gasteiger charge is 2.68. The molecule has 2 saturated heterocycles. The number of carbonyl (C=O) groups is 2. The first-order chi connectivity index (χ1) is 14.2. The van der Waals surface area contributed by atoms with Crippen molar-refractivity contribution >= 4 is 11.8 Å². The first-order valence-electron chi connectivity index (χ1n) is 10.3. The molecule has 6 heteroatoms. The Morgan fingerprint density at radius 1 is 1.10 bits per heavy atom. The SMILES string of the molecule is O=C(c1cccnc1)N1CC2(C1)[C@@H](c1ccccc1)[C@@H](CO)N2C(=O)C1CCC1. The molecular formula is C23H25N3O3. The van der Waals surface area contributed by atoms with Gasteiger partial charge in [0.1, 0.15) is 0 Å². The second kappa shape index (κ2) is 6.95. The van der Waals surface area contributed by atoms with Crippen molar-refractivity contribution in [2.24, 2.45) is 5.92 Å². The van der Waals surface area contributed by atoms with Gasteiger partial charge >= 0.3 is 0 Å². The van der Waals surface area contributed by atoms with Crippen LogP contribution in [0.15, 0.2) is 54.9 Å². The summed E-state index contributed by atoms with van der Waals surface area (Å²) in [5.74, 6) is 0.200. The lowest BCUT2D eigenvalue weighted by Crippen LogP contribution is -2.86. The number of hydrogen-bond donors (Lipinski definition) is 1. The number of rotatable bonds is 4. The number of aromatic nitrogens is 1. The summed E-state index contributed by atoms with van der Waals surface area (Å²) in [5.41, 5.74) is 1.27. The molecule has 150 valence electrons. The molecule has 1 aromatic carbocycles. The van der Waals surface area contributed by atoms with Crippen molar-refractivity contribution in [3.05, 3.63) is 66.0 Å². The Hall–Kier alpha value is -2.73. The fourth-order valence-corrected chi connectivity index (χ4v) is 5.30. The van der Waals surface area contributed by atoms with Crippen LogP contribution in [0.1, 0.15) is 41.1 Å². The van der Waals surface area contributed by atoms with Crippen LogP contribution in [0.5, 0.6) is 0 Å². The molecule has 1 aliphatic carbocycles. The molecule has 29 heavy (non-hydrogen) atoms. The summed E-state index contributed by atoms with van der Waals surface area (Å²) < 4.78 is 0. The van der Waals surface area contributed by atoms with Gasteiger partial charge < -0.3 is 14.9 Å². The molecule has 2 amide bonds. The van der Waals surface area contributed by atoms with Crippen molar-refractivity contribution in [2.45, 2.75) is 36.8 Å². The number of benzene rings is 1. The van der Waals surface area contributed by atoms with Crippen molar-refractivity contribution in [1.82, 2.24) is 14.8 Å². The van der Waals surface area contributed by atoms with E-state index >= 15 is 0 Å². The highest BCUT2D eigenvalue weighted by molar-refractivity contribution is 5.95. The standard InChI is InChI=1S/C23H25N3O3/c27-13-19-20(16-6-2-1-3-7-16)23(26(19)22(29)17-8-4-9-17)14-25(15-23)21(28)18-10-5-11-24-12-18/h1-3,5-7,10-12,17,19-20,27H,4,8-9,13-15H2/t19-,20+/m1/s1. The molecule has 2 aromatic rings. The molecule has 1 saturated carbocycles. The number of likely N-dealkylation sites (tertiary alicyclic amines) is 2. The largest absolute Gasteiger partial charge is 0.394 e. The zero-order valence-corrected chi connectivity index (χ0v) is 16.3. The summed E-state index contributed by atoms with van der Waals surface area (Å²) in [5, 5.41) is 10.1. The van der Waals surface area contributed by atoms with E-state index in [-0.39, 0.29) is 36.3 Å². The molecule has 2 atom stereocenters. The molecule has 0 unspecified atom stereocenters. The summed E-state index contributed by atoms with van der Waals surface area (Å²) >= 11 is 0. The van der Waals surface area contributed by atoms with Gasteiger partial charge in [0.15, 0.2) is 0 Å². The number of aliphatic hydroxyl groups excluding tert-OH is 1. The van der Waals surface area contributed by atoms with Crippen LogP contribution in [0.25, 0.3) is 0 Å². The minimum atomic E-state index is -0.417. The van der Waals surface area contributed by atoms with Gasteiger partial charge in [0.25, 0.3) is 5.91 Å². The molecule has 0 radical (unpaired) electrons. The third kappa shape index (κ3) is 2.69. The third-order valence-electron chi connectivity index (χ3n) is 6.94. The molecule has 0 bridgehead atoms. The van der Waals surface area contributed by atoms with Crippen molar-refractivity contribution < 1.29 is 14.7 Å². The normalized spacial score (nSPS) is 25.1. The summed E-state index contributed by atoms with van der Waals surface area (Å²) in [6.45, 7) is 0.931. The Bertz CT molecular complexity index is 907. The first kappa shape index (κ1) is 18.3. The van der Waals surface area contributed by atoms with E-state index < -0.39 is 5.54 Å². The van der Waals surface area contributed by atoms with Gasteiger partial charge in [0, 0.05) is 37.3 Å². The van der Waals surface area contributed by atoms with Gasteiger partial charge in [0.2, 0.25) is 5.91 Å². The zero-order valence-electron chi connectivity index (χ0n) is 16.3. The van der Waals surface area contributed by atoms with Crippen molar-refractivity contribution in [3.63, 3.8) is 0 Å². The Morgan fingerprint density at radius 3 is 2.45 bits per heavy atom. The zero-order chi connectivity index (χ0) is 20.0. The van der Waals surface area contributed by atoms with Crippen molar-refractivity contribution in [1.29, 1.82) is 0 Å². The molecule has 3 aliphatic rings. The van der Waals surface area contributed by atoms with Crippen LogP contribution in [-0.4, -0.2) is 63.0 Å². The van der Waals surface area contributed by atoms with Crippen LogP contribution in [0.2, 0.25) is 0 Å². The molecule has 6 nitrogen and oxygen atoms in total. The fourth-order valence-electron chi connectivity index (χ4n) is 5.30. The van der Waals surface area contributed by atoms with Gasteiger partial charge in [-0.2, -0.15) is 0 Å². The van der Waals surface area contributed by atoms with Crippen LogP contribution in [0.4, 0.5) is 0 Å². The van der Waals surface area contributed by atoms with Crippen LogP contribution in [-0.2, 0) is 4.79 Å². The minimum absolute atomic E-state index is 0.0377. The average molecular weight is 391 g/mol. The summed E-state index contributed by atoms with van der Waals surface area (Å²) in [6, 6.07) is 13.4. The molecule has 3 fully saturated rings. The van der Waals surface area contributed by atoms with Gasteiger partial charge in [-0.25, -0.2) is 0 Å². The molecule has 2 aliphatic heterocycles. The Balaban J connectivity index is 1.44. The van der Waals surface area contributed by atoms with E-state index in [1.54, 1.807) is 29.4 Å². The highest BCUT2D eigenvalue weighted by atomic mass is 16.3. The maximum absolute atomic E-state index is 13.2. The quantitative estimate of drug-likeness (QED) is 0.866. The van der Waals surface area contributed by atoms with Gasteiger partial charge in [0.05, 0.1) is 23.8 Å². The molecule has 5 rings (SSSR count). The fraction of sp³-hybridized carbons (Fsp3) is 0.435. The lowest BCUT2D eigenvalue weighted by atomic mass is 9.59. The van der Waals surface area contributed by atoms with E-state index in [4.69, 9.17) is 0 Å². The second-order valence-electron chi connectivity index (χ2n) is 8.48. The van der Waals surface area contributed by atoms with E-state index in [9.17, 15) is 14.7 Å². The molecule has 1 spiro atoms. The van der Waals surface area contributed by atoms with E-state index in [1.807, 2.05) is 23.1 Å². The van der Waals surface area contributed by atoms with Gasteiger partial charge in [-0.15, -0.1) is 0 Å². The molecule has 1 N–H and O–H groups in total. The van der Waals surface area contributed by atoms with Crippen LogP contribution in [0.3, 0.4) is 0 Å². The number of carbonyl (C=O) groups excluding carboxylic acids is 2. The molecule has 3 heterocycles. The van der Waals surface area contributed by atoms with Crippen LogP contribution < -0.4 is 0 Å². The topological polar surface area (TPSA) is 73.7 Å². The van der Waals surface area contributed by atoms with E-state index in [1.165, 1.54) is 0 Å². The van der Waals surface area contributed by atoms with Crippen molar-refractivity contribution in [3.8, 4) is 0 Å². The first-order valence-corrected chi connectivity index (χ1v) is 10.3. The highest BCUT2D eigenvalue weighted by Crippen LogP contribution is 2.55. The predicted molar refractivity (Wildman–Crippen MR) is 107 cm³/mol. The Kier molecular flexibility index (Phi) is 4.39.